The third kappa shape index (κ3) is 3.53. The Labute approximate surface area is 156 Å². The molecule has 1 N–H and O–H groups in total. The number of carbonyl (C=O) groups is 1. The number of alkyl halides is 3. The molecule has 0 fully saturated rings. The number of carbonyl (C=O) groups excluding carboxylic acids is 1. The zero-order valence-electron chi connectivity index (χ0n) is 13.4. The Hall–Kier alpha value is -2.53. The lowest BCUT2D eigenvalue weighted by Crippen LogP contribution is -2.23. The van der Waals surface area contributed by atoms with Crippen molar-refractivity contribution in [3.8, 4) is 6.07 Å². The van der Waals surface area contributed by atoms with Crippen molar-refractivity contribution in [1.82, 2.24) is 0 Å². The van der Waals surface area contributed by atoms with Crippen molar-refractivity contribution in [2.75, 3.05) is 16.8 Å². The number of hydrogen-bond donors (Lipinski definition) is 1. The molecule has 26 heavy (non-hydrogen) atoms. The molecule has 4 nitrogen and oxygen atoms in total. The third-order valence-electron chi connectivity index (χ3n) is 4.03. The molecule has 1 aliphatic heterocycles. The number of halogens is 4. The zero-order chi connectivity index (χ0) is 18.9. The van der Waals surface area contributed by atoms with Gasteiger partial charge >= 0.3 is 6.18 Å². The van der Waals surface area contributed by atoms with Gasteiger partial charge in [0.25, 0.3) is 5.91 Å². The summed E-state index contributed by atoms with van der Waals surface area (Å²) in [6.45, 7) is 0.288. The van der Waals surface area contributed by atoms with Gasteiger partial charge in [-0.1, -0.05) is 22.0 Å². The number of nitrogens with one attached hydrogen (secondary N) is 1. The lowest BCUT2D eigenvalue weighted by molar-refractivity contribution is -0.138. The number of fused-ring (bicyclic) bond motifs is 1. The highest BCUT2D eigenvalue weighted by Gasteiger charge is 2.39. The van der Waals surface area contributed by atoms with Crippen molar-refractivity contribution in [3.05, 3.63) is 57.6 Å². The fourth-order valence-electron chi connectivity index (χ4n) is 2.90. The summed E-state index contributed by atoms with van der Waals surface area (Å²) in [5, 5.41) is 11.7. The summed E-state index contributed by atoms with van der Waals surface area (Å²) in [6, 6.07) is 10.8. The third-order valence-corrected chi connectivity index (χ3v) is 4.49. The Morgan fingerprint density at radius 1 is 1.27 bits per heavy atom. The maximum atomic E-state index is 13.2. The summed E-state index contributed by atoms with van der Waals surface area (Å²) in [4.78, 5) is 14.0. The molecule has 0 atom stereocenters. The van der Waals surface area contributed by atoms with Gasteiger partial charge < -0.3 is 10.2 Å². The lowest BCUT2D eigenvalue weighted by atomic mass is 10.0. The monoisotopic (exact) mass is 423 g/mol. The largest absolute Gasteiger partial charge is 0.416 e. The van der Waals surface area contributed by atoms with Crippen LogP contribution >= 0.6 is 15.9 Å². The lowest BCUT2D eigenvalue weighted by Gasteiger charge is -2.18. The smallest absolute Gasteiger partial charge is 0.384 e. The molecule has 2 aromatic carbocycles. The fraction of sp³-hybridized carbons (Fsp3) is 0.222. The van der Waals surface area contributed by atoms with Gasteiger partial charge in [0.05, 0.1) is 24.6 Å². The van der Waals surface area contributed by atoms with E-state index in [0.29, 0.717) is 28.8 Å². The molecule has 2 aromatic rings. The second-order valence-electron chi connectivity index (χ2n) is 5.75. The summed E-state index contributed by atoms with van der Waals surface area (Å²) in [5.74, 6) is -0.466. The first-order valence-electron chi connectivity index (χ1n) is 7.73. The van der Waals surface area contributed by atoms with Crippen LogP contribution in [0.2, 0.25) is 0 Å². The van der Waals surface area contributed by atoms with Crippen LogP contribution in [0, 0.1) is 11.3 Å². The van der Waals surface area contributed by atoms with Crippen molar-refractivity contribution < 1.29 is 18.0 Å². The van der Waals surface area contributed by atoms with Crippen LogP contribution in [-0.4, -0.2) is 12.5 Å². The maximum absolute atomic E-state index is 13.2. The van der Waals surface area contributed by atoms with E-state index >= 15 is 0 Å². The van der Waals surface area contributed by atoms with Gasteiger partial charge in [-0.2, -0.15) is 18.4 Å². The minimum absolute atomic E-state index is 0.0102. The molecule has 0 saturated carbocycles. The van der Waals surface area contributed by atoms with Crippen LogP contribution in [0.4, 0.5) is 24.5 Å². The molecule has 1 heterocycles. The van der Waals surface area contributed by atoms with Crippen molar-refractivity contribution in [2.45, 2.75) is 19.1 Å². The average molecular weight is 424 g/mol. The SMILES string of the molecule is N#CCCNc1cc(Br)cc(N2Cc3c(cccc3C(F)(F)F)C2=O)c1. The molecule has 0 unspecified atom stereocenters. The van der Waals surface area contributed by atoms with E-state index in [1.165, 1.54) is 17.0 Å². The van der Waals surface area contributed by atoms with E-state index in [0.717, 1.165) is 6.07 Å². The standard InChI is InChI=1S/C18H13BrF3N3O/c19-11-7-12(24-6-2-5-23)9-13(8-11)25-10-15-14(17(25)26)3-1-4-16(15)18(20,21)22/h1,3-4,7-9,24H,2,6,10H2. The summed E-state index contributed by atoms with van der Waals surface area (Å²) in [7, 11) is 0. The number of nitriles is 1. The van der Waals surface area contributed by atoms with E-state index in [1.54, 1.807) is 18.2 Å². The van der Waals surface area contributed by atoms with Crippen LogP contribution in [0.1, 0.15) is 27.9 Å². The highest BCUT2D eigenvalue weighted by Crippen LogP contribution is 2.39. The first-order chi connectivity index (χ1) is 12.3. The highest BCUT2D eigenvalue weighted by atomic mass is 79.9. The van der Waals surface area contributed by atoms with Crippen LogP contribution in [0.15, 0.2) is 40.9 Å². The first-order valence-corrected chi connectivity index (χ1v) is 8.53. The Morgan fingerprint density at radius 3 is 2.73 bits per heavy atom. The molecule has 3 rings (SSSR count). The molecule has 0 aromatic heterocycles. The first kappa shape index (κ1) is 18.3. The predicted molar refractivity (Wildman–Crippen MR) is 94.8 cm³/mol. The molecular formula is C18H13BrF3N3O. The fourth-order valence-corrected chi connectivity index (χ4v) is 3.38. The molecule has 8 heteroatoms. The number of amides is 1. The van der Waals surface area contributed by atoms with Crippen molar-refractivity contribution in [2.24, 2.45) is 0 Å². The van der Waals surface area contributed by atoms with Gasteiger partial charge in [0.15, 0.2) is 0 Å². The van der Waals surface area contributed by atoms with Crippen molar-refractivity contribution in [1.29, 1.82) is 5.26 Å². The number of benzene rings is 2. The molecule has 0 bridgehead atoms. The predicted octanol–water partition coefficient (Wildman–Crippen LogP) is 4.95. The zero-order valence-corrected chi connectivity index (χ0v) is 15.0. The maximum Gasteiger partial charge on any atom is 0.416 e. The number of rotatable bonds is 4. The van der Waals surface area contributed by atoms with Gasteiger partial charge in [-0.15, -0.1) is 0 Å². The Bertz CT molecular complexity index is 906. The average Bonchev–Trinajstić information content (AvgIpc) is 2.91. The summed E-state index contributed by atoms with van der Waals surface area (Å²) >= 11 is 3.35. The molecule has 0 spiro atoms. The molecular weight excluding hydrogens is 411 g/mol. The van der Waals surface area contributed by atoms with E-state index in [9.17, 15) is 18.0 Å². The van der Waals surface area contributed by atoms with Crippen LogP contribution in [0.5, 0.6) is 0 Å². The van der Waals surface area contributed by atoms with E-state index in [2.05, 4.69) is 21.2 Å². The molecule has 1 aliphatic rings. The minimum Gasteiger partial charge on any atom is -0.384 e. The Kier molecular flexibility index (Phi) is 4.92. The van der Waals surface area contributed by atoms with E-state index in [-0.39, 0.29) is 17.7 Å². The van der Waals surface area contributed by atoms with E-state index < -0.39 is 17.6 Å². The summed E-state index contributed by atoms with van der Waals surface area (Å²) in [5.41, 5.74) is 0.425. The second-order valence-corrected chi connectivity index (χ2v) is 6.67. The molecule has 0 saturated heterocycles. The summed E-state index contributed by atoms with van der Waals surface area (Å²) < 4.78 is 40.4. The van der Waals surface area contributed by atoms with Gasteiger partial charge in [0.2, 0.25) is 0 Å². The van der Waals surface area contributed by atoms with Crippen LogP contribution < -0.4 is 10.2 Å². The van der Waals surface area contributed by atoms with Crippen LogP contribution in [0.25, 0.3) is 0 Å². The van der Waals surface area contributed by atoms with Crippen molar-refractivity contribution >= 4 is 33.2 Å². The molecule has 134 valence electrons. The van der Waals surface area contributed by atoms with Crippen LogP contribution in [-0.2, 0) is 12.7 Å². The van der Waals surface area contributed by atoms with Gasteiger partial charge in [-0.25, -0.2) is 0 Å². The van der Waals surface area contributed by atoms with Gasteiger partial charge in [-0.3, -0.25) is 4.79 Å². The molecule has 0 radical (unpaired) electrons. The normalized spacial score (nSPS) is 13.5. The topological polar surface area (TPSA) is 56.1 Å². The highest BCUT2D eigenvalue weighted by molar-refractivity contribution is 9.10. The van der Waals surface area contributed by atoms with Gasteiger partial charge in [0.1, 0.15) is 0 Å². The summed E-state index contributed by atoms with van der Waals surface area (Å²) in [6.07, 6.45) is -4.20. The van der Waals surface area contributed by atoms with E-state index in [4.69, 9.17) is 5.26 Å². The van der Waals surface area contributed by atoms with Gasteiger partial charge in [0, 0.05) is 28.0 Å². The molecule has 0 aliphatic carbocycles. The Morgan fingerprint density at radius 2 is 2.04 bits per heavy atom. The number of hydrogen-bond acceptors (Lipinski definition) is 3. The van der Waals surface area contributed by atoms with Gasteiger partial charge in [-0.05, 0) is 35.9 Å². The van der Waals surface area contributed by atoms with Crippen LogP contribution in [0.3, 0.4) is 0 Å². The van der Waals surface area contributed by atoms with E-state index in [1.807, 2.05) is 6.07 Å². The number of nitrogens with zero attached hydrogens (tertiary/aromatic N) is 2. The van der Waals surface area contributed by atoms with Crippen molar-refractivity contribution in [3.63, 3.8) is 0 Å². The second kappa shape index (κ2) is 7.00. The Balaban J connectivity index is 1.94. The minimum atomic E-state index is -4.51. The number of anilines is 2. The quantitative estimate of drug-likeness (QED) is 0.707. The molecule has 1 amide bonds.